The Kier molecular flexibility index (Phi) is 5.84. The van der Waals surface area contributed by atoms with Crippen LogP contribution in [0.3, 0.4) is 0 Å². The number of likely N-dealkylation sites (tertiary alicyclic amines) is 1. The Balaban J connectivity index is 0.00000196. The van der Waals surface area contributed by atoms with E-state index in [0.29, 0.717) is 24.8 Å². The highest BCUT2D eigenvalue weighted by Crippen LogP contribution is 2.32. The second-order valence-corrected chi connectivity index (χ2v) is 7.03. The van der Waals surface area contributed by atoms with Gasteiger partial charge in [0.2, 0.25) is 5.91 Å². The number of carbonyl (C=O) groups is 1. The van der Waals surface area contributed by atoms with Crippen molar-refractivity contribution < 1.29 is 9.53 Å². The molecule has 138 valence electrons. The molecule has 1 fully saturated rings. The fourth-order valence-electron chi connectivity index (χ4n) is 4.03. The van der Waals surface area contributed by atoms with Gasteiger partial charge in [0.1, 0.15) is 5.75 Å². The molecule has 2 N–H and O–H groups in total. The molecule has 5 heteroatoms. The van der Waals surface area contributed by atoms with Crippen molar-refractivity contribution in [2.24, 2.45) is 11.7 Å². The van der Waals surface area contributed by atoms with Gasteiger partial charge in [-0.2, -0.15) is 0 Å². The third kappa shape index (κ3) is 3.71. The van der Waals surface area contributed by atoms with Gasteiger partial charge in [-0.1, -0.05) is 42.5 Å². The van der Waals surface area contributed by atoms with Gasteiger partial charge in [-0.25, -0.2) is 0 Å². The lowest BCUT2D eigenvalue weighted by Gasteiger charge is -2.17. The maximum absolute atomic E-state index is 12.8. The Labute approximate surface area is 160 Å². The average molecular weight is 373 g/mol. The topological polar surface area (TPSA) is 55.6 Å². The monoisotopic (exact) mass is 372 g/mol. The lowest BCUT2D eigenvalue weighted by atomic mass is 9.89. The van der Waals surface area contributed by atoms with Gasteiger partial charge in [0, 0.05) is 25.4 Å². The van der Waals surface area contributed by atoms with Crippen LogP contribution in [0.15, 0.2) is 48.5 Å². The Morgan fingerprint density at radius 1 is 1.15 bits per heavy atom. The Morgan fingerprint density at radius 3 is 2.73 bits per heavy atom. The summed E-state index contributed by atoms with van der Waals surface area (Å²) in [6.45, 7) is 2.87. The molecule has 1 amide bonds. The predicted octanol–water partition coefficient (Wildman–Crippen LogP) is 2.79. The maximum Gasteiger partial charge on any atom is 0.227 e. The highest BCUT2D eigenvalue weighted by molar-refractivity contribution is 5.85. The van der Waals surface area contributed by atoms with Crippen LogP contribution in [0.4, 0.5) is 0 Å². The number of halogens is 1. The molecule has 0 aliphatic carbocycles. The molecule has 0 spiro atoms. The summed E-state index contributed by atoms with van der Waals surface area (Å²) < 4.78 is 5.54. The molecule has 2 aliphatic rings. The van der Waals surface area contributed by atoms with Crippen molar-refractivity contribution in [3.63, 3.8) is 0 Å². The predicted molar refractivity (Wildman–Crippen MR) is 105 cm³/mol. The van der Waals surface area contributed by atoms with Crippen molar-refractivity contribution in [2.75, 3.05) is 26.2 Å². The molecule has 0 saturated carbocycles. The first kappa shape index (κ1) is 18.7. The van der Waals surface area contributed by atoms with E-state index in [9.17, 15) is 4.79 Å². The zero-order chi connectivity index (χ0) is 17.2. The number of fused-ring (bicyclic) bond motifs is 1. The number of benzene rings is 2. The van der Waals surface area contributed by atoms with E-state index in [4.69, 9.17) is 10.5 Å². The lowest BCUT2D eigenvalue weighted by Crippen LogP contribution is -2.31. The van der Waals surface area contributed by atoms with Crippen molar-refractivity contribution >= 4 is 18.3 Å². The molecule has 0 bridgehead atoms. The van der Waals surface area contributed by atoms with Crippen LogP contribution in [-0.2, 0) is 17.6 Å². The molecule has 26 heavy (non-hydrogen) atoms. The van der Waals surface area contributed by atoms with Crippen molar-refractivity contribution in [3.05, 3.63) is 65.2 Å². The van der Waals surface area contributed by atoms with E-state index in [2.05, 4.69) is 30.3 Å². The second-order valence-electron chi connectivity index (χ2n) is 7.03. The number of carbonyl (C=O) groups excluding carboxylic acids is 1. The average Bonchev–Trinajstić information content (AvgIpc) is 3.28. The minimum Gasteiger partial charge on any atom is -0.493 e. The smallest absolute Gasteiger partial charge is 0.227 e. The molecular weight excluding hydrogens is 348 g/mol. The van der Waals surface area contributed by atoms with Gasteiger partial charge >= 0.3 is 0 Å². The molecule has 1 saturated heterocycles. The van der Waals surface area contributed by atoms with Crippen molar-refractivity contribution in [1.29, 1.82) is 0 Å². The van der Waals surface area contributed by atoms with Crippen LogP contribution in [-0.4, -0.2) is 37.0 Å². The van der Waals surface area contributed by atoms with E-state index in [-0.39, 0.29) is 18.3 Å². The largest absolute Gasteiger partial charge is 0.493 e. The molecule has 0 radical (unpaired) electrons. The SMILES string of the molecule is Cl.NC[C@@H]1CN(C(=O)Cc2ccc3c(c2)CCO3)C[C@H]1c1ccccc1. The van der Waals surface area contributed by atoms with Crippen LogP contribution in [0.2, 0.25) is 0 Å². The number of amides is 1. The quantitative estimate of drug-likeness (QED) is 0.897. The van der Waals surface area contributed by atoms with Gasteiger partial charge in [0.15, 0.2) is 0 Å². The normalized spacial score (nSPS) is 21.0. The number of rotatable bonds is 4. The van der Waals surface area contributed by atoms with Gasteiger partial charge in [0.25, 0.3) is 0 Å². The fourth-order valence-corrected chi connectivity index (χ4v) is 4.03. The standard InChI is InChI=1S/C21H24N2O2.ClH/c22-12-18-13-23(14-19(18)16-4-2-1-3-5-16)21(24)11-15-6-7-20-17(10-15)8-9-25-20;/h1-7,10,18-19H,8-9,11-14,22H2;1H/t18-,19+;/m1./s1. The molecular formula is C21H25ClN2O2. The Bertz CT molecular complexity index is 766. The highest BCUT2D eigenvalue weighted by atomic mass is 35.5. The second kappa shape index (κ2) is 8.11. The minimum atomic E-state index is 0. The third-order valence-electron chi connectivity index (χ3n) is 5.43. The summed E-state index contributed by atoms with van der Waals surface area (Å²) in [5.41, 5.74) is 9.55. The fraction of sp³-hybridized carbons (Fsp3) is 0.381. The van der Waals surface area contributed by atoms with Crippen LogP contribution < -0.4 is 10.5 Å². The summed E-state index contributed by atoms with van der Waals surface area (Å²) in [6.07, 6.45) is 1.39. The van der Waals surface area contributed by atoms with Gasteiger partial charge in [0.05, 0.1) is 13.0 Å². The van der Waals surface area contributed by atoms with Gasteiger partial charge < -0.3 is 15.4 Å². The van der Waals surface area contributed by atoms with Crippen molar-refractivity contribution in [3.8, 4) is 5.75 Å². The Hall–Kier alpha value is -2.04. The first-order chi connectivity index (χ1) is 12.2. The first-order valence-corrected chi connectivity index (χ1v) is 9.02. The summed E-state index contributed by atoms with van der Waals surface area (Å²) in [6, 6.07) is 16.5. The van der Waals surface area contributed by atoms with Gasteiger partial charge in [-0.05, 0) is 35.2 Å². The lowest BCUT2D eigenvalue weighted by molar-refractivity contribution is -0.129. The maximum atomic E-state index is 12.8. The molecule has 4 rings (SSSR count). The van der Waals surface area contributed by atoms with Crippen molar-refractivity contribution in [2.45, 2.75) is 18.8 Å². The van der Waals surface area contributed by atoms with Gasteiger partial charge in [-0.15, -0.1) is 12.4 Å². The number of nitrogens with zero attached hydrogens (tertiary/aromatic N) is 1. The summed E-state index contributed by atoms with van der Waals surface area (Å²) in [5, 5.41) is 0. The van der Waals surface area contributed by atoms with E-state index in [0.717, 1.165) is 37.4 Å². The van der Waals surface area contributed by atoms with E-state index in [1.165, 1.54) is 11.1 Å². The molecule has 2 aromatic rings. The molecule has 0 unspecified atom stereocenters. The number of nitrogens with two attached hydrogens (primary N) is 1. The van der Waals surface area contributed by atoms with Gasteiger partial charge in [-0.3, -0.25) is 4.79 Å². The number of ether oxygens (including phenoxy) is 1. The van der Waals surface area contributed by atoms with Crippen LogP contribution in [0.1, 0.15) is 22.6 Å². The summed E-state index contributed by atoms with van der Waals surface area (Å²) in [5.74, 6) is 1.82. The van der Waals surface area contributed by atoms with E-state index >= 15 is 0 Å². The molecule has 2 aliphatic heterocycles. The van der Waals surface area contributed by atoms with Crippen LogP contribution in [0, 0.1) is 5.92 Å². The van der Waals surface area contributed by atoms with Crippen LogP contribution in [0.5, 0.6) is 5.75 Å². The Morgan fingerprint density at radius 2 is 1.96 bits per heavy atom. The van der Waals surface area contributed by atoms with Crippen molar-refractivity contribution in [1.82, 2.24) is 4.90 Å². The zero-order valence-electron chi connectivity index (χ0n) is 14.8. The molecule has 2 aromatic carbocycles. The van der Waals surface area contributed by atoms with E-state index < -0.39 is 0 Å². The molecule has 2 heterocycles. The summed E-state index contributed by atoms with van der Waals surface area (Å²) in [4.78, 5) is 14.8. The van der Waals surface area contributed by atoms with E-state index in [1.807, 2.05) is 23.1 Å². The molecule has 0 aromatic heterocycles. The van der Waals surface area contributed by atoms with Crippen LogP contribution >= 0.6 is 12.4 Å². The third-order valence-corrected chi connectivity index (χ3v) is 5.43. The first-order valence-electron chi connectivity index (χ1n) is 9.02. The number of hydrogen-bond acceptors (Lipinski definition) is 3. The highest BCUT2D eigenvalue weighted by Gasteiger charge is 2.35. The summed E-state index contributed by atoms with van der Waals surface area (Å²) in [7, 11) is 0. The number of hydrogen-bond donors (Lipinski definition) is 1. The molecule has 4 nitrogen and oxygen atoms in total. The minimum absolute atomic E-state index is 0. The van der Waals surface area contributed by atoms with Crippen LogP contribution in [0.25, 0.3) is 0 Å². The van der Waals surface area contributed by atoms with E-state index in [1.54, 1.807) is 0 Å². The molecule has 2 atom stereocenters. The summed E-state index contributed by atoms with van der Waals surface area (Å²) >= 11 is 0. The zero-order valence-corrected chi connectivity index (χ0v) is 15.6.